The maximum absolute atomic E-state index is 9.07. The lowest BCUT2D eigenvalue weighted by Crippen LogP contribution is -2.05. The Kier molecular flexibility index (Phi) is 4.02. The van der Waals surface area contributed by atoms with Crippen molar-refractivity contribution in [2.75, 3.05) is 5.73 Å². The van der Waals surface area contributed by atoms with E-state index in [-0.39, 0.29) is 6.61 Å². The first-order valence-electron chi connectivity index (χ1n) is 6.15. The highest BCUT2D eigenvalue weighted by molar-refractivity contribution is 5.53. The third-order valence-electron chi connectivity index (χ3n) is 3.13. The first-order valence-corrected chi connectivity index (χ1v) is 6.15. The second-order valence-corrected chi connectivity index (χ2v) is 4.52. The van der Waals surface area contributed by atoms with Crippen LogP contribution >= 0.6 is 0 Å². The highest BCUT2D eigenvalue weighted by Gasteiger charge is 2.07. The Morgan fingerprint density at radius 2 is 2.11 bits per heavy atom. The van der Waals surface area contributed by atoms with Gasteiger partial charge >= 0.3 is 0 Å². The van der Waals surface area contributed by atoms with Crippen molar-refractivity contribution in [1.82, 2.24) is 4.98 Å². The van der Waals surface area contributed by atoms with Crippen molar-refractivity contribution in [3.8, 4) is 5.75 Å². The van der Waals surface area contributed by atoms with Gasteiger partial charge in [0.05, 0.1) is 12.3 Å². The number of hydrogen-bond acceptors (Lipinski definition) is 4. The average Bonchev–Trinajstić information content (AvgIpc) is 2.44. The lowest BCUT2D eigenvalue weighted by atomic mass is 10.1. The van der Waals surface area contributed by atoms with Crippen LogP contribution in [-0.2, 0) is 13.2 Å². The standard InChI is InChI=1S/C15H18N2O2/c1-10-7-17-14(11(2)15(10)16)9-19-13-5-3-4-12(6-13)8-18/h3-7,18H,8-9H2,1-2H3,(H2,16,17). The van der Waals surface area contributed by atoms with Crippen molar-refractivity contribution < 1.29 is 9.84 Å². The summed E-state index contributed by atoms with van der Waals surface area (Å²) in [5, 5.41) is 9.07. The normalized spacial score (nSPS) is 10.5. The number of pyridine rings is 1. The molecule has 4 nitrogen and oxygen atoms in total. The molecule has 0 amide bonds. The van der Waals surface area contributed by atoms with Gasteiger partial charge in [-0.05, 0) is 42.7 Å². The van der Waals surface area contributed by atoms with Gasteiger partial charge in [0.1, 0.15) is 12.4 Å². The molecule has 0 radical (unpaired) electrons. The van der Waals surface area contributed by atoms with Crippen LogP contribution in [0.5, 0.6) is 5.75 Å². The molecular formula is C15H18N2O2. The Balaban J connectivity index is 2.12. The van der Waals surface area contributed by atoms with E-state index in [0.29, 0.717) is 12.4 Å². The third kappa shape index (κ3) is 3.03. The fourth-order valence-electron chi connectivity index (χ4n) is 1.82. The molecule has 0 bridgehead atoms. The monoisotopic (exact) mass is 258 g/mol. The van der Waals surface area contributed by atoms with Crippen LogP contribution in [0.1, 0.15) is 22.4 Å². The van der Waals surface area contributed by atoms with E-state index in [1.807, 2.05) is 38.1 Å². The van der Waals surface area contributed by atoms with Gasteiger partial charge in [0, 0.05) is 11.9 Å². The van der Waals surface area contributed by atoms with E-state index in [4.69, 9.17) is 15.6 Å². The Hall–Kier alpha value is -2.07. The molecule has 1 aromatic carbocycles. The summed E-state index contributed by atoms with van der Waals surface area (Å²) >= 11 is 0. The molecule has 0 saturated heterocycles. The van der Waals surface area contributed by atoms with Crippen LogP contribution < -0.4 is 10.5 Å². The van der Waals surface area contributed by atoms with Gasteiger partial charge in [-0.2, -0.15) is 0 Å². The van der Waals surface area contributed by atoms with Gasteiger partial charge in [0.25, 0.3) is 0 Å². The molecule has 0 aliphatic carbocycles. The predicted octanol–water partition coefficient (Wildman–Crippen LogP) is 2.35. The molecule has 0 aliphatic heterocycles. The largest absolute Gasteiger partial charge is 0.487 e. The van der Waals surface area contributed by atoms with Crippen molar-refractivity contribution in [3.05, 3.63) is 52.8 Å². The second-order valence-electron chi connectivity index (χ2n) is 4.52. The first-order chi connectivity index (χ1) is 9.11. The molecule has 0 spiro atoms. The number of nitrogens with zero attached hydrogens (tertiary/aromatic N) is 1. The minimum absolute atomic E-state index is 0.00591. The van der Waals surface area contributed by atoms with Crippen molar-refractivity contribution in [2.24, 2.45) is 0 Å². The summed E-state index contributed by atoms with van der Waals surface area (Å²) in [4.78, 5) is 4.34. The topological polar surface area (TPSA) is 68.4 Å². The molecule has 2 rings (SSSR count). The fraction of sp³-hybridized carbons (Fsp3) is 0.267. The lowest BCUT2D eigenvalue weighted by molar-refractivity contribution is 0.277. The molecule has 0 aliphatic rings. The summed E-state index contributed by atoms with van der Waals surface area (Å²) in [5.74, 6) is 0.715. The Morgan fingerprint density at radius 3 is 2.84 bits per heavy atom. The quantitative estimate of drug-likeness (QED) is 0.883. The van der Waals surface area contributed by atoms with Crippen LogP contribution in [-0.4, -0.2) is 10.1 Å². The number of benzene rings is 1. The van der Waals surface area contributed by atoms with Gasteiger partial charge in [0.2, 0.25) is 0 Å². The predicted molar refractivity (Wildman–Crippen MR) is 74.8 cm³/mol. The van der Waals surface area contributed by atoms with Crippen molar-refractivity contribution in [2.45, 2.75) is 27.1 Å². The van der Waals surface area contributed by atoms with Gasteiger partial charge in [-0.15, -0.1) is 0 Å². The van der Waals surface area contributed by atoms with Gasteiger partial charge in [-0.25, -0.2) is 0 Å². The molecule has 2 aromatic rings. The molecule has 1 aromatic heterocycles. The van der Waals surface area contributed by atoms with Crippen LogP contribution in [0.3, 0.4) is 0 Å². The Bertz CT molecular complexity index is 582. The van der Waals surface area contributed by atoms with Crippen molar-refractivity contribution in [3.63, 3.8) is 0 Å². The van der Waals surface area contributed by atoms with Crippen molar-refractivity contribution >= 4 is 5.69 Å². The van der Waals surface area contributed by atoms with E-state index in [2.05, 4.69) is 4.98 Å². The molecule has 4 heteroatoms. The van der Waals surface area contributed by atoms with Gasteiger partial charge in [0.15, 0.2) is 0 Å². The number of aryl methyl sites for hydroxylation is 1. The second kappa shape index (κ2) is 5.71. The Morgan fingerprint density at radius 1 is 1.32 bits per heavy atom. The molecule has 100 valence electrons. The number of anilines is 1. The minimum atomic E-state index is 0.00591. The molecule has 0 fully saturated rings. The van der Waals surface area contributed by atoms with Crippen LogP contribution in [0.15, 0.2) is 30.5 Å². The average molecular weight is 258 g/mol. The van der Waals surface area contributed by atoms with E-state index in [9.17, 15) is 0 Å². The van der Waals surface area contributed by atoms with Crippen molar-refractivity contribution in [1.29, 1.82) is 0 Å². The summed E-state index contributed by atoms with van der Waals surface area (Å²) in [6.45, 7) is 4.25. The zero-order chi connectivity index (χ0) is 13.8. The molecule has 19 heavy (non-hydrogen) atoms. The highest BCUT2D eigenvalue weighted by Crippen LogP contribution is 2.20. The third-order valence-corrected chi connectivity index (χ3v) is 3.13. The van der Waals surface area contributed by atoms with Crippen LogP contribution in [0.2, 0.25) is 0 Å². The molecule has 0 unspecified atom stereocenters. The van der Waals surface area contributed by atoms with Crippen LogP contribution in [0.4, 0.5) is 5.69 Å². The van der Waals surface area contributed by atoms with Crippen LogP contribution in [0, 0.1) is 13.8 Å². The summed E-state index contributed by atoms with van der Waals surface area (Å²) in [6.07, 6.45) is 1.76. The maximum Gasteiger partial charge on any atom is 0.131 e. The summed E-state index contributed by atoms with van der Waals surface area (Å²) in [7, 11) is 0. The number of ether oxygens (including phenoxy) is 1. The summed E-state index contributed by atoms with van der Waals surface area (Å²) in [6, 6.07) is 7.36. The maximum atomic E-state index is 9.07. The fourth-order valence-corrected chi connectivity index (χ4v) is 1.82. The lowest BCUT2D eigenvalue weighted by Gasteiger charge is -2.11. The smallest absolute Gasteiger partial charge is 0.131 e. The van der Waals surface area contributed by atoms with E-state index >= 15 is 0 Å². The zero-order valence-electron chi connectivity index (χ0n) is 11.2. The minimum Gasteiger partial charge on any atom is -0.487 e. The number of aliphatic hydroxyl groups excluding tert-OH is 1. The number of aromatic nitrogens is 1. The highest BCUT2D eigenvalue weighted by atomic mass is 16.5. The van der Waals surface area contributed by atoms with Crippen LogP contribution in [0.25, 0.3) is 0 Å². The zero-order valence-corrected chi connectivity index (χ0v) is 11.2. The first kappa shape index (κ1) is 13.4. The summed E-state index contributed by atoms with van der Waals surface area (Å²) < 4.78 is 5.68. The SMILES string of the molecule is Cc1cnc(COc2cccc(CO)c2)c(C)c1N. The molecule has 0 atom stereocenters. The van der Waals surface area contributed by atoms with Gasteiger partial charge < -0.3 is 15.6 Å². The molecular weight excluding hydrogens is 240 g/mol. The number of nitrogen functional groups attached to an aromatic ring is 1. The summed E-state index contributed by atoms with van der Waals surface area (Å²) in [5.41, 5.74) is 10.3. The number of nitrogens with two attached hydrogens (primary N) is 1. The van der Waals surface area contributed by atoms with E-state index in [1.165, 1.54) is 0 Å². The van der Waals surface area contributed by atoms with E-state index < -0.39 is 0 Å². The number of hydrogen-bond donors (Lipinski definition) is 2. The molecule has 0 saturated carbocycles. The van der Waals surface area contributed by atoms with E-state index in [0.717, 1.165) is 28.1 Å². The molecule has 1 heterocycles. The van der Waals surface area contributed by atoms with Gasteiger partial charge in [-0.3, -0.25) is 4.98 Å². The van der Waals surface area contributed by atoms with Gasteiger partial charge in [-0.1, -0.05) is 12.1 Å². The Labute approximate surface area is 112 Å². The molecule has 3 N–H and O–H groups in total. The number of rotatable bonds is 4. The van der Waals surface area contributed by atoms with E-state index in [1.54, 1.807) is 6.20 Å². The number of aliphatic hydroxyl groups is 1.